The van der Waals surface area contributed by atoms with Crippen molar-refractivity contribution in [1.29, 1.82) is 10.5 Å². The van der Waals surface area contributed by atoms with Crippen molar-refractivity contribution in [2.45, 2.75) is 19.8 Å². The second-order valence-electron chi connectivity index (χ2n) is 4.80. The zero-order valence-corrected chi connectivity index (χ0v) is 11.0. The number of hydrogen-bond donors (Lipinski definition) is 0. The Kier molecular flexibility index (Phi) is 3.64. The molecule has 0 saturated heterocycles. The minimum atomic E-state index is 0.495. The Bertz CT molecular complexity index is 636. The summed E-state index contributed by atoms with van der Waals surface area (Å²) in [5, 5.41) is 18.0. The molecular weight excluding hydrogens is 232 g/mol. The fraction of sp³-hybridized carbons (Fsp3) is 0.176. The summed E-state index contributed by atoms with van der Waals surface area (Å²) in [6.45, 7) is 4.30. The maximum atomic E-state index is 8.99. The molecule has 0 amide bonds. The first-order valence-corrected chi connectivity index (χ1v) is 6.19. The topological polar surface area (TPSA) is 47.6 Å². The van der Waals surface area contributed by atoms with Crippen LogP contribution in [0.2, 0.25) is 0 Å². The fourth-order valence-electron chi connectivity index (χ4n) is 1.98. The fourth-order valence-corrected chi connectivity index (χ4v) is 1.98. The summed E-state index contributed by atoms with van der Waals surface area (Å²) < 4.78 is 0. The molecular formula is C17H14N2. The van der Waals surface area contributed by atoms with Crippen LogP contribution in [0.15, 0.2) is 42.5 Å². The number of hydrogen-bond acceptors (Lipinski definition) is 2. The highest BCUT2D eigenvalue weighted by Gasteiger charge is 2.04. The van der Waals surface area contributed by atoms with E-state index in [9.17, 15) is 0 Å². The summed E-state index contributed by atoms with van der Waals surface area (Å²) in [6.07, 6.45) is 0. The third kappa shape index (κ3) is 2.81. The lowest BCUT2D eigenvalue weighted by Gasteiger charge is -2.07. The molecule has 0 atom stereocenters. The zero-order chi connectivity index (χ0) is 13.8. The van der Waals surface area contributed by atoms with Gasteiger partial charge in [-0.25, -0.2) is 0 Å². The third-order valence-electron chi connectivity index (χ3n) is 3.10. The average molecular weight is 246 g/mol. The van der Waals surface area contributed by atoms with Gasteiger partial charge in [0.25, 0.3) is 0 Å². The van der Waals surface area contributed by atoms with E-state index in [1.165, 1.54) is 5.56 Å². The Balaban J connectivity index is 2.47. The smallest absolute Gasteiger partial charge is 0.0992 e. The molecule has 0 saturated carbocycles. The van der Waals surface area contributed by atoms with Gasteiger partial charge in [0.2, 0.25) is 0 Å². The van der Waals surface area contributed by atoms with Gasteiger partial charge in [-0.2, -0.15) is 10.5 Å². The van der Waals surface area contributed by atoms with Crippen LogP contribution in [-0.2, 0) is 0 Å². The van der Waals surface area contributed by atoms with Crippen LogP contribution in [0, 0.1) is 22.7 Å². The van der Waals surface area contributed by atoms with Crippen molar-refractivity contribution in [2.75, 3.05) is 0 Å². The van der Waals surface area contributed by atoms with Gasteiger partial charge in [-0.05, 0) is 40.8 Å². The van der Waals surface area contributed by atoms with Gasteiger partial charge in [-0.15, -0.1) is 0 Å². The van der Waals surface area contributed by atoms with Crippen LogP contribution in [0.25, 0.3) is 11.1 Å². The summed E-state index contributed by atoms with van der Waals surface area (Å²) in [6, 6.07) is 17.7. The predicted octanol–water partition coefficient (Wildman–Crippen LogP) is 4.22. The summed E-state index contributed by atoms with van der Waals surface area (Å²) in [7, 11) is 0. The summed E-state index contributed by atoms with van der Waals surface area (Å²) >= 11 is 0. The van der Waals surface area contributed by atoms with Crippen LogP contribution in [0.5, 0.6) is 0 Å². The molecule has 0 spiro atoms. The predicted molar refractivity (Wildman–Crippen MR) is 75.4 cm³/mol. The first-order chi connectivity index (χ1) is 9.13. The van der Waals surface area contributed by atoms with E-state index < -0.39 is 0 Å². The van der Waals surface area contributed by atoms with Crippen LogP contribution in [-0.4, -0.2) is 0 Å². The monoisotopic (exact) mass is 246 g/mol. The molecule has 92 valence electrons. The second-order valence-corrected chi connectivity index (χ2v) is 4.80. The van der Waals surface area contributed by atoms with Gasteiger partial charge in [0, 0.05) is 0 Å². The molecule has 19 heavy (non-hydrogen) atoms. The standard InChI is InChI=1S/C17H14N2/c1-12(2)15-3-5-16(6-4-15)17-8-13(10-18)7-14(9-17)11-19/h3-9,12H,1-2H3. The normalized spacial score (nSPS) is 9.95. The molecule has 0 aliphatic rings. The molecule has 2 rings (SSSR count). The minimum absolute atomic E-state index is 0.495. The highest BCUT2D eigenvalue weighted by atomic mass is 14.3. The zero-order valence-electron chi connectivity index (χ0n) is 11.0. The average Bonchev–Trinajstić information content (AvgIpc) is 2.46. The lowest BCUT2D eigenvalue weighted by atomic mass is 9.97. The molecule has 2 heteroatoms. The largest absolute Gasteiger partial charge is 0.192 e. The van der Waals surface area contributed by atoms with Crippen molar-refractivity contribution in [2.24, 2.45) is 0 Å². The number of nitriles is 2. The van der Waals surface area contributed by atoms with Crippen molar-refractivity contribution in [1.82, 2.24) is 0 Å². The molecule has 2 nitrogen and oxygen atoms in total. The molecule has 0 heterocycles. The van der Waals surface area contributed by atoms with Crippen LogP contribution >= 0.6 is 0 Å². The number of rotatable bonds is 2. The Labute approximate surface area is 113 Å². The number of benzene rings is 2. The lowest BCUT2D eigenvalue weighted by molar-refractivity contribution is 0.867. The van der Waals surface area contributed by atoms with E-state index in [1.54, 1.807) is 6.07 Å². The van der Waals surface area contributed by atoms with E-state index in [-0.39, 0.29) is 0 Å². The van der Waals surface area contributed by atoms with E-state index in [0.29, 0.717) is 17.0 Å². The van der Waals surface area contributed by atoms with E-state index >= 15 is 0 Å². The Hall–Kier alpha value is -2.58. The van der Waals surface area contributed by atoms with Crippen molar-refractivity contribution < 1.29 is 0 Å². The lowest BCUT2D eigenvalue weighted by Crippen LogP contribution is -1.88. The van der Waals surface area contributed by atoms with Gasteiger partial charge in [-0.1, -0.05) is 38.1 Å². The van der Waals surface area contributed by atoms with E-state index in [4.69, 9.17) is 10.5 Å². The molecule has 0 fully saturated rings. The molecule has 0 radical (unpaired) electrons. The first-order valence-electron chi connectivity index (χ1n) is 6.19. The molecule has 0 aliphatic carbocycles. The maximum absolute atomic E-state index is 8.99. The summed E-state index contributed by atoms with van der Waals surface area (Å²) in [4.78, 5) is 0. The third-order valence-corrected chi connectivity index (χ3v) is 3.10. The van der Waals surface area contributed by atoms with Crippen LogP contribution in [0.1, 0.15) is 36.5 Å². The molecule has 0 aliphatic heterocycles. The first kappa shape index (κ1) is 12.9. The Morgan fingerprint density at radius 3 is 1.74 bits per heavy atom. The summed E-state index contributed by atoms with van der Waals surface area (Å²) in [5.74, 6) is 0.495. The molecule has 0 unspecified atom stereocenters. The molecule has 0 bridgehead atoms. The van der Waals surface area contributed by atoms with Crippen LogP contribution in [0.3, 0.4) is 0 Å². The highest BCUT2D eigenvalue weighted by Crippen LogP contribution is 2.24. The SMILES string of the molecule is CC(C)c1ccc(-c2cc(C#N)cc(C#N)c2)cc1. The van der Waals surface area contributed by atoms with Crippen LogP contribution < -0.4 is 0 Å². The molecule has 2 aromatic carbocycles. The summed E-state index contributed by atoms with van der Waals surface area (Å²) in [5.41, 5.74) is 4.24. The molecule has 0 aromatic heterocycles. The van der Waals surface area contributed by atoms with Crippen molar-refractivity contribution in [3.05, 3.63) is 59.2 Å². The molecule has 0 N–H and O–H groups in total. The molecule has 2 aromatic rings. The van der Waals surface area contributed by atoms with Crippen molar-refractivity contribution in [3.63, 3.8) is 0 Å². The van der Waals surface area contributed by atoms with Crippen molar-refractivity contribution in [3.8, 4) is 23.3 Å². The Morgan fingerprint density at radius 2 is 1.32 bits per heavy atom. The maximum Gasteiger partial charge on any atom is 0.0992 e. The van der Waals surface area contributed by atoms with Crippen molar-refractivity contribution >= 4 is 0 Å². The van der Waals surface area contributed by atoms with Gasteiger partial charge in [0.15, 0.2) is 0 Å². The number of nitrogens with zero attached hydrogens (tertiary/aromatic N) is 2. The van der Waals surface area contributed by atoms with Gasteiger partial charge < -0.3 is 0 Å². The highest BCUT2D eigenvalue weighted by molar-refractivity contribution is 5.67. The van der Waals surface area contributed by atoms with E-state index in [1.807, 2.05) is 24.3 Å². The Morgan fingerprint density at radius 1 is 0.789 bits per heavy atom. The minimum Gasteiger partial charge on any atom is -0.192 e. The van der Waals surface area contributed by atoms with Crippen LogP contribution in [0.4, 0.5) is 0 Å². The van der Waals surface area contributed by atoms with Gasteiger partial charge >= 0.3 is 0 Å². The quantitative estimate of drug-likeness (QED) is 0.796. The van der Waals surface area contributed by atoms with E-state index in [2.05, 4.69) is 38.1 Å². The second kappa shape index (κ2) is 5.38. The van der Waals surface area contributed by atoms with E-state index in [0.717, 1.165) is 11.1 Å². The van der Waals surface area contributed by atoms with Gasteiger partial charge in [-0.3, -0.25) is 0 Å². The van der Waals surface area contributed by atoms with Gasteiger partial charge in [0.1, 0.15) is 0 Å². The van der Waals surface area contributed by atoms with Gasteiger partial charge in [0.05, 0.1) is 23.3 Å².